The van der Waals surface area contributed by atoms with Gasteiger partial charge in [-0.25, -0.2) is 4.79 Å². The summed E-state index contributed by atoms with van der Waals surface area (Å²) < 4.78 is 41.5. The molecule has 1 aromatic carbocycles. The lowest BCUT2D eigenvalue weighted by Gasteiger charge is -2.14. The second-order valence-electron chi connectivity index (χ2n) is 3.25. The lowest BCUT2D eigenvalue weighted by Crippen LogP contribution is -2.19. The molecular weight excluding hydrogens is 288 g/mol. The highest BCUT2D eigenvalue weighted by atomic mass is 79.9. The molecule has 0 aliphatic heterocycles. The van der Waals surface area contributed by atoms with Gasteiger partial charge in [0.05, 0.1) is 12.7 Å². The van der Waals surface area contributed by atoms with Gasteiger partial charge in [-0.15, -0.1) is 0 Å². The van der Waals surface area contributed by atoms with Crippen molar-refractivity contribution >= 4 is 28.9 Å². The Hall–Kier alpha value is -0.975. The van der Waals surface area contributed by atoms with Crippen LogP contribution in [0.1, 0.15) is 15.9 Å². The molecule has 0 aliphatic carbocycles. The van der Waals surface area contributed by atoms with E-state index in [1.807, 2.05) is 0 Å². The summed E-state index contributed by atoms with van der Waals surface area (Å²) in [4.78, 5) is 11.2. The van der Waals surface area contributed by atoms with E-state index in [4.69, 9.17) is 0 Å². The van der Waals surface area contributed by atoms with Crippen molar-refractivity contribution in [2.45, 2.75) is 6.32 Å². The summed E-state index contributed by atoms with van der Waals surface area (Å²) in [6.45, 7) is -4.91. The smallest absolute Gasteiger partial charge is 0.465 e. The number of rotatable bonds is 3. The number of hydrogen-bond donors (Lipinski definition) is 0. The Morgan fingerprint density at radius 3 is 2.50 bits per heavy atom. The standard InChI is InChI=1S/C9H8BBrF3O2/c1-16-9(15)7-2-6(3-8(11)4-7)5-10(12,13)14/h2-4H,5H2,1H3/q-1. The SMILES string of the molecule is COC(=O)c1cc(Br)cc(C[B-](F)(F)F)c1. The quantitative estimate of drug-likeness (QED) is 0.632. The molecule has 0 N–H and O–H groups in total. The molecule has 0 aliphatic rings. The zero-order valence-corrected chi connectivity index (χ0v) is 9.93. The second kappa shape index (κ2) is 4.90. The number of carbonyl (C=O) groups excluding carboxylic acids is 1. The Morgan fingerprint density at radius 1 is 1.38 bits per heavy atom. The minimum absolute atomic E-state index is 0.0438. The van der Waals surface area contributed by atoms with E-state index in [0.29, 0.717) is 4.47 Å². The molecule has 2 nitrogen and oxygen atoms in total. The van der Waals surface area contributed by atoms with Crippen molar-refractivity contribution in [1.29, 1.82) is 0 Å². The molecule has 0 bridgehead atoms. The number of esters is 1. The molecule has 88 valence electrons. The molecule has 7 heteroatoms. The molecule has 0 unspecified atom stereocenters. The summed E-state index contributed by atoms with van der Waals surface area (Å²) in [7, 11) is 1.18. The highest BCUT2D eigenvalue weighted by Gasteiger charge is 2.23. The second-order valence-corrected chi connectivity index (χ2v) is 4.17. The Morgan fingerprint density at radius 2 is 2.00 bits per heavy atom. The van der Waals surface area contributed by atoms with Crippen molar-refractivity contribution in [3.05, 3.63) is 33.8 Å². The van der Waals surface area contributed by atoms with Crippen LogP contribution in [0.3, 0.4) is 0 Å². The molecule has 1 rings (SSSR count). The van der Waals surface area contributed by atoms with Crippen LogP contribution in [0.4, 0.5) is 12.9 Å². The average Bonchev–Trinajstić information content (AvgIpc) is 2.12. The van der Waals surface area contributed by atoms with E-state index in [1.54, 1.807) is 0 Å². The summed E-state index contributed by atoms with van der Waals surface area (Å²) in [6.07, 6.45) is -1.01. The number of methoxy groups -OCH3 is 1. The van der Waals surface area contributed by atoms with Gasteiger partial charge in [-0.1, -0.05) is 27.8 Å². The van der Waals surface area contributed by atoms with Crippen LogP contribution >= 0.6 is 15.9 Å². The molecule has 0 fully saturated rings. The number of halogens is 4. The van der Waals surface area contributed by atoms with Crippen LogP contribution in [0.5, 0.6) is 0 Å². The summed E-state index contributed by atoms with van der Waals surface area (Å²) in [5, 5.41) is 0. The van der Waals surface area contributed by atoms with Crippen LogP contribution in [0.15, 0.2) is 22.7 Å². The van der Waals surface area contributed by atoms with Crippen molar-refractivity contribution in [1.82, 2.24) is 0 Å². The summed E-state index contributed by atoms with van der Waals surface area (Å²) in [5.41, 5.74) is 0.147. The Labute approximate surface area is 99.0 Å². The third kappa shape index (κ3) is 3.88. The monoisotopic (exact) mass is 295 g/mol. The van der Waals surface area contributed by atoms with Crippen LogP contribution in [-0.2, 0) is 11.1 Å². The molecule has 0 saturated carbocycles. The van der Waals surface area contributed by atoms with Crippen LogP contribution < -0.4 is 0 Å². The van der Waals surface area contributed by atoms with Gasteiger partial charge in [0, 0.05) is 4.47 Å². The summed E-state index contributed by atoms with van der Waals surface area (Å²) in [6, 6.07) is 3.94. The van der Waals surface area contributed by atoms with Gasteiger partial charge in [-0.3, -0.25) is 0 Å². The first-order chi connectivity index (χ1) is 7.31. The minimum atomic E-state index is -4.91. The first-order valence-electron chi connectivity index (χ1n) is 4.40. The van der Waals surface area contributed by atoms with Crippen LogP contribution in [-0.4, -0.2) is 20.1 Å². The van der Waals surface area contributed by atoms with Crippen molar-refractivity contribution in [3.8, 4) is 0 Å². The van der Waals surface area contributed by atoms with Crippen LogP contribution in [0.25, 0.3) is 0 Å². The Balaban J connectivity index is 3.03. The van der Waals surface area contributed by atoms with Crippen molar-refractivity contribution in [2.24, 2.45) is 0 Å². The molecule has 0 atom stereocenters. The number of benzene rings is 1. The maximum Gasteiger partial charge on any atom is 0.482 e. The van der Waals surface area contributed by atoms with Crippen molar-refractivity contribution in [2.75, 3.05) is 7.11 Å². The van der Waals surface area contributed by atoms with E-state index in [9.17, 15) is 17.7 Å². The molecule has 0 heterocycles. The fraction of sp³-hybridized carbons (Fsp3) is 0.222. The van der Waals surface area contributed by atoms with E-state index in [2.05, 4.69) is 20.7 Å². The summed E-state index contributed by atoms with van der Waals surface area (Å²) >= 11 is 3.05. The Bertz CT molecular complexity index is 406. The third-order valence-electron chi connectivity index (χ3n) is 1.85. The maximum atomic E-state index is 12.2. The first-order valence-corrected chi connectivity index (χ1v) is 5.20. The van der Waals surface area contributed by atoms with E-state index in [1.165, 1.54) is 25.3 Å². The average molecular weight is 296 g/mol. The lowest BCUT2D eigenvalue weighted by atomic mass is 9.81. The highest BCUT2D eigenvalue weighted by Crippen LogP contribution is 2.21. The normalized spacial score (nSPS) is 11.3. The first kappa shape index (κ1) is 13.1. The van der Waals surface area contributed by atoms with Gasteiger partial charge in [-0.05, 0) is 18.2 Å². The summed E-state index contributed by atoms with van der Waals surface area (Å²) in [5.74, 6) is -0.655. The maximum absolute atomic E-state index is 12.2. The van der Waals surface area contributed by atoms with Gasteiger partial charge < -0.3 is 17.7 Å². The highest BCUT2D eigenvalue weighted by molar-refractivity contribution is 9.10. The molecule has 1 aromatic rings. The largest absolute Gasteiger partial charge is 0.482 e. The van der Waals surface area contributed by atoms with Gasteiger partial charge in [-0.2, -0.15) is 0 Å². The van der Waals surface area contributed by atoms with Gasteiger partial charge in [0.2, 0.25) is 0 Å². The lowest BCUT2D eigenvalue weighted by molar-refractivity contribution is 0.0600. The van der Waals surface area contributed by atoms with Crippen molar-refractivity contribution < 1.29 is 22.5 Å². The zero-order valence-electron chi connectivity index (χ0n) is 8.34. The molecule has 0 amide bonds. The number of carbonyl (C=O) groups is 1. The minimum Gasteiger partial charge on any atom is -0.465 e. The van der Waals surface area contributed by atoms with Crippen LogP contribution in [0, 0.1) is 0 Å². The number of hydrogen-bond acceptors (Lipinski definition) is 2. The van der Waals surface area contributed by atoms with Gasteiger partial charge in [0.25, 0.3) is 0 Å². The fourth-order valence-corrected chi connectivity index (χ4v) is 1.81. The van der Waals surface area contributed by atoms with Crippen molar-refractivity contribution in [3.63, 3.8) is 0 Å². The molecule has 0 aromatic heterocycles. The van der Waals surface area contributed by atoms with Gasteiger partial charge in [0.1, 0.15) is 0 Å². The predicted molar refractivity (Wildman–Crippen MR) is 58.3 cm³/mol. The Kier molecular flexibility index (Phi) is 4.01. The predicted octanol–water partition coefficient (Wildman–Crippen LogP) is 3.16. The topological polar surface area (TPSA) is 26.3 Å². The van der Waals surface area contributed by atoms with E-state index >= 15 is 0 Å². The van der Waals surface area contributed by atoms with Crippen LogP contribution in [0.2, 0.25) is 0 Å². The molecule has 16 heavy (non-hydrogen) atoms. The molecule has 0 radical (unpaired) electrons. The number of ether oxygens (including phenoxy) is 1. The van der Waals surface area contributed by atoms with E-state index < -0.39 is 19.3 Å². The molecule has 0 saturated heterocycles. The third-order valence-corrected chi connectivity index (χ3v) is 2.30. The van der Waals surface area contributed by atoms with E-state index in [0.717, 1.165) is 0 Å². The molecular formula is C9H8BBrF3O2-. The van der Waals surface area contributed by atoms with E-state index in [-0.39, 0.29) is 11.1 Å². The molecule has 0 spiro atoms. The van der Waals surface area contributed by atoms with Gasteiger partial charge in [0.15, 0.2) is 0 Å². The fourth-order valence-electron chi connectivity index (χ4n) is 1.27. The van der Waals surface area contributed by atoms with Gasteiger partial charge >= 0.3 is 12.9 Å². The zero-order chi connectivity index (χ0) is 12.3.